The monoisotopic (exact) mass is 248 g/mol. The molecule has 1 amide bonds. The second kappa shape index (κ2) is 7.09. The molecular formula is C11H21ClN2O2. The van der Waals surface area contributed by atoms with E-state index in [0.29, 0.717) is 18.8 Å². The average Bonchev–Trinajstić information content (AvgIpc) is 2.22. The van der Waals surface area contributed by atoms with Gasteiger partial charge in [-0.3, -0.25) is 9.69 Å². The number of carbonyl (C=O) groups is 1. The van der Waals surface area contributed by atoms with Gasteiger partial charge in [0.2, 0.25) is 5.91 Å². The number of amides is 1. The Morgan fingerprint density at radius 3 is 2.62 bits per heavy atom. The smallest absolute Gasteiger partial charge is 0.234 e. The maximum absolute atomic E-state index is 10.9. The third-order valence-corrected chi connectivity index (χ3v) is 2.83. The second-order valence-corrected chi connectivity index (χ2v) is 4.62. The minimum Gasteiger partial charge on any atom is -0.373 e. The molecule has 1 saturated heterocycles. The minimum absolute atomic E-state index is 0.0472. The van der Waals surface area contributed by atoms with E-state index in [2.05, 4.69) is 24.1 Å². The zero-order valence-corrected chi connectivity index (χ0v) is 10.8. The molecule has 0 aromatic carbocycles. The Balaban J connectivity index is 2.10. The number of halogens is 1. The first kappa shape index (κ1) is 13.7. The maximum Gasteiger partial charge on any atom is 0.234 e. The fourth-order valence-corrected chi connectivity index (χ4v) is 2.14. The molecule has 1 fully saturated rings. The van der Waals surface area contributed by atoms with E-state index in [0.717, 1.165) is 26.1 Å². The summed E-state index contributed by atoms with van der Waals surface area (Å²) in [5.74, 6) is -0.0450. The maximum atomic E-state index is 10.9. The number of hydrogen-bond donors (Lipinski definition) is 1. The highest BCUT2D eigenvalue weighted by Crippen LogP contribution is 2.10. The highest BCUT2D eigenvalue weighted by Gasteiger charge is 2.21. The summed E-state index contributed by atoms with van der Waals surface area (Å²) in [7, 11) is 0. The first-order chi connectivity index (χ1) is 7.61. The highest BCUT2D eigenvalue weighted by atomic mass is 35.5. The van der Waals surface area contributed by atoms with Gasteiger partial charge in [-0.25, -0.2) is 0 Å². The average molecular weight is 249 g/mol. The Morgan fingerprint density at radius 1 is 1.44 bits per heavy atom. The second-order valence-electron chi connectivity index (χ2n) is 4.35. The van der Waals surface area contributed by atoms with Crippen molar-refractivity contribution in [3.8, 4) is 0 Å². The summed E-state index contributed by atoms with van der Waals surface area (Å²) in [6.07, 6.45) is 1.57. The number of nitrogens with one attached hydrogen (secondary N) is 1. The molecule has 94 valence electrons. The molecule has 0 saturated carbocycles. The van der Waals surface area contributed by atoms with Gasteiger partial charge in [-0.15, -0.1) is 11.6 Å². The molecule has 0 radical (unpaired) electrons. The predicted molar refractivity (Wildman–Crippen MR) is 64.8 cm³/mol. The molecule has 0 spiro atoms. The van der Waals surface area contributed by atoms with Gasteiger partial charge in [0.05, 0.1) is 12.2 Å². The van der Waals surface area contributed by atoms with Gasteiger partial charge < -0.3 is 10.1 Å². The molecule has 0 aromatic rings. The summed E-state index contributed by atoms with van der Waals surface area (Å²) >= 11 is 5.38. The van der Waals surface area contributed by atoms with Crippen molar-refractivity contribution >= 4 is 17.5 Å². The number of ether oxygens (including phenoxy) is 1. The Morgan fingerprint density at radius 2 is 2.06 bits per heavy atom. The van der Waals surface area contributed by atoms with Gasteiger partial charge in [-0.1, -0.05) is 0 Å². The Kier molecular flexibility index (Phi) is 6.09. The third kappa shape index (κ3) is 5.14. The Bertz CT molecular complexity index is 216. The van der Waals surface area contributed by atoms with Crippen LogP contribution in [0.5, 0.6) is 0 Å². The van der Waals surface area contributed by atoms with Crippen LogP contribution in [0, 0.1) is 0 Å². The highest BCUT2D eigenvalue weighted by molar-refractivity contribution is 6.27. The van der Waals surface area contributed by atoms with E-state index in [1.54, 1.807) is 0 Å². The summed E-state index contributed by atoms with van der Waals surface area (Å²) in [5, 5.41) is 2.77. The topological polar surface area (TPSA) is 41.6 Å². The van der Waals surface area contributed by atoms with E-state index in [1.165, 1.54) is 0 Å². The van der Waals surface area contributed by atoms with E-state index in [-0.39, 0.29) is 11.8 Å². The Labute approximate surface area is 102 Å². The largest absolute Gasteiger partial charge is 0.373 e. The first-order valence-corrected chi connectivity index (χ1v) is 6.35. The van der Waals surface area contributed by atoms with E-state index < -0.39 is 0 Å². The summed E-state index contributed by atoms with van der Waals surface area (Å²) in [4.78, 5) is 13.3. The van der Waals surface area contributed by atoms with E-state index in [1.807, 2.05) is 0 Å². The number of rotatable bonds is 5. The van der Waals surface area contributed by atoms with E-state index >= 15 is 0 Å². The molecule has 0 aliphatic carbocycles. The van der Waals surface area contributed by atoms with Crippen molar-refractivity contribution in [3.05, 3.63) is 0 Å². The normalized spacial score (nSPS) is 26.7. The van der Waals surface area contributed by atoms with E-state index in [9.17, 15) is 4.79 Å². The molecule has 1 rings (SSSR count). The van der Waals surface area contributed by atoms with Crippen LogP contribution in [0.1, 0.15) is 20.3 Å². The van der Waals surface area contributed by atoms with Crippen molar-refractivity contribution < 1.29 is 9.53 Å². The van der Waals surface area contributed by atoms with Crippen molar-refractivity contribution in [1.82, 2.24) is 10.2 Å². The molecular weight excluding hydrogens is 228 g/mol. The molecule has 0 bridgehead atoms. The lowest BCUT2D eigenvalue weighted by atomic mass is 10.2. The van der Waals surface area contributed by atoms with Crippen LogP contribution in [0.2, 0.25) is 0 Å². The third-order valence-electron chi connectivity index (χ3n) is 2.59. The lowest BCUT2D eigenvalue weighted by Crippen LogP contribution is -2.46. The lowest BCUT2D eigenvalue weighted by molar-refractivity contribution is -0.118. The fourth-order valence-electron chi connectivity index (χ4n) is 2.04. The molecule has 4 nitrogen and oxygen atoms in total. The Hall–Kier alpha value is -0.320. The zero-order chi connectivity index (χ0) is 12.0. The molecule has 0 aromatic heterocycles. The zero-order valence-electron chi connectivity index (χ0n) is 10.0. The van der Waals surface area contributed by atoms with Crippen molar-refractivity contribution in [3.63, 3.8) is 0 Å². The molecule has 1 aliphatic rings. The molecule has 5 heteroatoms. The molecule has 2 atom stereocenters. The van der Waals surface area contributed by atoms with Crippen molar-refractivity contribution in [2.75, 3.05) is 32.1 Å². The van der Waals surface area contributed by atoms with Crippen LogP contribution in [0.25, 0.3) is 0 Å². The van der Waals surface area contributed by atoms with Gasteiger partial charge in [0, 0.05) is 26.2 Å². The summed E-state index contributed by atoms with van der Waals surface area (Å²) in [6, 6.07) is 0. The molecule has 1 aliphatic heterocycles. The summed E-state index contributed by atoms with van der Waals surface area (Å²) in [6.45, 7) is 7.85. The number of carbonyl (C=O) groups excluding carboxylic acids is 1. The molecule has 1 heterocycles. The molecule has 16 heavy (non-hydrogen) atoms. The fraction of sp³-hybridized carbons (Fsp3) is 0.909. The molecule has 2 unspecified atom stereocenters. The van der Waals surface area contributed by atoms with Crippen LogP contribution in [0.4, 0.5) is 0 Å². The number of alkyl halides is 1. The van der Waals surface area contributed by atoms with Crippen molar-refractivity contribution in [2.24, 2.45) is 0 Å². The van der Waals surface area contributed by atoms with Gasteiger partial charge in [0.1, 0.15) is 5.88 Å². The van der Waals surface area contributed by atoms with Gasteiger partial charge in [-0.2, -0.15) is 0 Å². The van der Waals surface area contributed by atoms with Gasteiger partial charge >= 0.3 is 0 Å². The number of morpholine rings is 1. The quantitative estimate of drug-likeness (QED) is 0.579. The summed E-state index contributed by atoms with van der Waals surface area (Å²) in [5.41, 5.74) is 0. The van der Waals surface area contributed by atoms with Crippen LogP contribution in [-0.4, -0.2) is 55.1 Å². The van der Waals surface area contributed by atoms with Gasteiger partial charge in [0.25, 0.3) is 0 Å². The van der Waals surface area contributed by atoms with Crippen LogP contribution in [0.15, 0.2) is 0 Å². The first-order valence-electron chi connectivity index (χ1n) is 5.82. The lowest BCUT2D eigenvalue weighted by Gasteiger charge is -2.35. The van der Waals surface area contributed by atoms with Crippen molar-refractivity contribution in [1.29, 1.82) is 0 Å². The SMILES string of the molecule is CC1CN(CCCNC(=O)CCl)CC(C)O1. The standard InChI is InChI=1S/C11H21ClN2O2/c1-9-7-14(8-10(2)16-9)5-3-4-13-11(15)6-12/h9-10H,3-8H2,1-2H3,(H,13,15). The van der Waals surface area contributed by atoms with Gasteiger partial charge in [0.15, 0.2) is 0 Å². The van der Waals surface area contributed by atoms with Gasteiger partial charge in [-0.05, 0) is 20.3 Å². The van der Waals surface area contributed by atoms with E-state index in [4.69, 9.17) is 16.3 Å². The number of nitrogens with zero attached hydrogens (tertiary/aromatic N) is 1. The minimum atomic E-state index is -0.0922. The summed E-state index contributed by atoms with van der Waals surface area (Å²) < 4.78 is 5.65. The van der Waals surface area contributed by atoms with Crippen LogP contribution in [0.3, 0.4) is 0 Å². The van der Waals surface area contributed by atoms with Crippen LogP contribution >= 0.6 is 11.6 Å². The van der Waals surface area contributed by atoms with Crippen LogP contribution in [-0.2, 0) is 9.53 Å². The molecule has 1 N–H and O–H groups in total. The van der Waals surface area contributed by atoms with Crippen LogP contribution < -0.4 is 5.32 Å². The van der Waals surface area contributed by atoms with Crippen molar-refractivity contribution in [2.45, 2.75) is 32.5 Å². The number of hydrogen-bond acceptors (Lipinski definition) is 3. The predicted octanol–water partition coefficient (Wildman–Crippen LogP) is 0.841.